The maximum absolute atomic E-state index is 8.78. The minimum atomic E-state index is -0.0273. The van der Waals surface area contributed by atoms with Crippen molar-refractivity contribution in [2.24, 2.45) is 5.92 Å². The van der Waals surface area contributed by atoms with Crippen molar-refractivity contribution in [3.05, 3.63) is 18.2 Å². The molecule has 4 heteroatoms. The zero-order chi connectivity index (χ0) is 8.97. The highest BCUT2D eigenvalue weighted by Gasteiger charge is 2.02. The van der Waals surface area contributed by atoms with E-state index in [1.807, 2.05) is 11.5 Å². The van der Waals surface area contributed by atoms with Crippen molar-refractivity contribution in [1.29, 1.82) is 0 Å². The molecule has 0 aliphatic rings. The van der Waals surface area contributed by atoms with Crippen LogP contribution in [0.2, 0.25) is 0 Å². The molecule has 12 heavy (non-hydrogen) atoms. The quantitative estimate of drug-likeness (QED) is 0.669. The molecule has 0 saturated carbocycles. The van der Waals surface area contributed by atoms with Gasteiger partial charge in [-0.25, -0.2) is 4.98 Å². The smallest absolute Gasteiger partial charge is 0.0950 e. The Hall–Kier alpha value is -0.870. The lowest BCUT2D eigenvalue weighted by Crippen LogP contribution is -2.09. The van der Waals surface area contributed by atoms with Crippen LogP contribution in [0, 0.1) is 5.92 Å². The molecule has 2 N–H and O–H groups in total. The van der Waals surface area contributed by atoms with Gasteiger partial charge in [0, 0.05) is 19.3 Å². The maximum Gasteiger partial charge on any atom is 0.0950 e. The molecule has 0 spiro atoms. The van der Waals surface area contributed by atoms with Gasteiger partial charge in [0.25, 0.3) is 0 Å². The van der Waals surface area contributed by atoms with Gasteiger partial charge in [0.05, 0.1) is 18.6 Å². The van der Waals surface area contributed by atoms with Gasteiger partial charge in [-0.05, 0) is 5.92 Å². The maximum atomic E-state index is 8.78. The second-order valence-electron chi connectivity index (χ2n) is 3.01. The molecule has 0 aromatic carbocycles. The second-order valence-corrected chi connectivity index (χ2v) is 3.01. The van der Waals surface area contributed by atoms with Crippen LogP contribution in [0.25, 0.3) is 0 Å². The first-order valence-corrected chi connectivity index (χ1v) is 3.98. The van der Waals surface area contributed by atoms with Crippen LogP contribution in [0.5, 0.6) is 0 Å². The summed E-state index contributed by atoms with van der Waals surface area (Å²) in [5.74, 6) is 0.228. The summed E-state index contributed by atoms with van der Waals surface area (Å²) in [6.45, 7) is 2.84. The number of hydrogen-bond donors (Lipinski definition) is 2. The average Bonchev–Trinajstić information content (AvgIpc) is 2.52. The number of imidazole rings is 1. The number of aliphatic hydroxyl groups is 2. The van der Waals surface area contributed by atoms with E-state index in [2.05, 4.69) is 4.98 Å². The molecule has 68 valence electrons. The third kappa shape index (κ3) is 2.32. The Morgan fingerprint density at radius 3 is 2.83 bits per heavy atom. The van der Waals surface area contributed by atoms with Crippen molar-refractivity contribution in [3.8, 4) is 0 Å². The van der Waals surface area contributed by atoms with Gasteiger partial charge in [0.15, 0.2) is 0 Å². The van der Waals surface area contributed by atoms with Crippen LogP contribution in [0.1, 0.15) is 12.6 Å². The van der Waals surface area contributed by atoms with Crippen LogP contribution in [0.15, 0.2) is 12.5 Å². The molecule has 1 aromatic rings. The highest BCUT2D eigenvalue weighted by molar-refractivity contribution is 4.94. The Morgan fingerprint density at radius 2 is 2.33 bits per heavy atom. The molecule has 1 rings (SSSR count). The molecule has 0 aliphatic carbocycles. The summed E-state index contributed by atoms with van der Waals surface area (Å²) >= 11 is 0. The number of nitrogens with zero attached hydrogens (tertiary/aromatic N) is 2. The molecule has 1 aromatic heterocycles. The van der Waals surface area contributed by atoms with Crippen molar-refractivity contribution in [2.75, 3.05) is 6.61 Å². The summed E-state index contributed by atoms with van der Waals surface area (Å²) in [6.07, 6.45) is 3.45. The summed E-state index contributed by atoms with van der Waals surface area (Å²) in [5.41, 5.74) is 0.667. The molecule has 0 amide bonds. The molecule has 1 atom stereocenters. The van der Waals surface area contributed by atoms with E-state index < -0.39 is 0 Å². The molecular weight excluding hydrogens is 156 g/mol. The van der Waals surface area contributed by atoms with E-state index in [1.54, 1.807) is 12.5 Å². The van der Waals surface area contributed by atoms with E-state index in [0.29, 0.717) is 5.69 Å². The molecule has 4 nitrogen and oxygen atoms in total. The van der Waals surface area contributed by atoms with Gasteiger partial charge >= 0.3 is 0 Å². The number of rotatable bonds is 4. The highest BCUT2D eigenvalue weighted by Crippen LogP contribution is 2.01. The van der Waals surface area contributed by atoms with Crippen LogP contribution in [-0.2, 0) is 13.2 Å². The molecule has 0 bridgehead atoms. The summed E-state index contributed by atoms with van der Waals surface area (Å²) in [5, 5.41) is 17.5. The number of aromatic nitrogens is 2. The average molecular weight is 170 g/mol. The summed E-state index contributed by atoms with van der Waals surface area (Å²) in [6, 6.07) is 0. The molecule has 0 saturated heterocycles. The normalized spacial score (nSPS) is 13.2. The van der Waals surface area contributed by atoms with E-state index in [4.69, 9.17) is 10.2 Å². The Morgan fingerprint density at radius 1 is 1.58 bits per heavy atom. The van der Waals surface area contributed by atoms with E-state index >= 15 is 0 Å². The van der Waals surface area contributed by atoms with Crippen molar-refractivity contribution in [2.45, 2.75) is 20.1 Å². The second kappa shape index (κ2) is 4.23. The minimum absolute atomic E-state index is 0.0273. The van der Waals surface area contributed by atoms with Gasteiger partial charge in [0.1, 0.15) is 0 Å². The van der Waals surface area contributed by atoms with Crippen molar-refractivity contribution < 1.29 is 10.2 Å². The third-order valence-corrected chi connectivity index (χ3v) is 1.68. The summed E-state index contributed by atoms with van der Waals surface area (Å²) < 4.78 is 1.87. The van der Waals surface area contributed by atoms with Crippen LogP contribution in [0.3, 0.4) is 0 Å². The fourth-order valence-corrected chi connectivity index (χ4v) is 1.01. The van der Waals surface area contributed by atoms with Gasteiger partial charge in [-0.1, -0.05) is 6.92 Å². The Balaban J connectivity index is 2.52. The lowest BCUT2D eigenvalue weighted by atomic mass is 10.2. The van der Waals surface area contributed by atoms with E-state index in [0.717, 1.165) is 6.54 Å². The highest BCUT2D eigenvalue weighted by atomic mass is 16.3. The molecule has 0 radical (unpaired) electrons. The Bertz CT molecular complexity index is 235. The van der Waals surface area contributed by atoms with Crippen molar-refractivity contribution >= 4 is 0 Å². The monoisotopic (exact) mass is 170 g/mol. The fourth-order valence-electron chi connectivity index (χ4n) is 1.01. The van der Waals surface area contributed by atoms with Crippen LogP contribution >= 0.6 is 0 Å². The Kier molecular flexibility index (Phi) is 3.25. The lowest BCUT2D eigenvalue weighted by molar-refractivity contribution is 0.223. The summed E-state index contributed by atoms with van der Waals surface area (Å²) in [4.78, 5) is 3.95. The van der Waals surface area contributed by atoms with Crippen LogP contribution in [0.4, 0.5) is 0 Å². The minimum Gasteiger partial charge on any atom is -0.396 e. The predicted molar refractivity (Wildman–Crippen MR) is 44.4 cm³/mol. The third-order valence-electron chi connectivity index (χ3n) is 1.68. The van der Waals surface area contributed by atoms with Gasteiger partial charge in [-0.3, -0.25) is 0 Å². The van der Waals surface area contributed by atoms with Gasteiger partial charge in [-0.15, -0.1) is 0 Å². The first-order valence-electron chi connectivity index (χ1n) is 3.98. The van der Waals surface area contributed by atoms with Gasteiger partial charge < -0.3 is 14.8 Å². The molecular formula is C8H14N2O2. The predicted octanol–water partition coefficient (Wildman–Crippen LogP) is 0.00380. The Labute approximate surface area is 71.5 Å². The largest absolute Gasteiger partial charge is 0.396 e. The lowest BCUT2D eigenvalue weighted by Gasteiger charge is -2.07. The molecule has 1 heterocycles. The van der Waals surface area contributed by atoms with Crippen molar-refractivity contribution in [1.82, 2.24) is 9.55 Å². The van der Waals surface area contributed by atoms with E-state index in [9.17, 15) is 0 Å². The molecule has 0 fully saturated rings. The molecule has 0 aliphatic heterocycles. The van der Waals surface area contributed by atoms with E-state index in [-0.39, 0.29) is 19.1 Å². The van der Waals surface area contributed by atoms with E-state index in [1.165, 1.54) is 0 Å². The first kappa shape index (κ1) is 9.22. The fraction of sp³-hybridized carbons (Fsp3) is 0.625. The number of aliphatic hydroxyl groups excluding tert-OH is 2. The summed E-state index contributed by atoms with van der Waals surface area (Å²) in [7, 11) is 0. The SMILES string of the molecule is CC(CO)Cn1cnc(CO)c1. The zero-order valence-corrected chi connectivity index (χ0v) is 7.14. The first-order chi connectivity index (χ1) is 5.76. The van der Waals surface area contributed by atoms with Crippen LogP contribution < -0.4 is 0 Å². The van der Waals surface area contributed by atoms with Gasteiger partial charge in [0.2, 0.25) is 0 Å². The standard InChI is InChI=1S/C8H14N2O2/c1-7(4-11)2-10-3-8(5-12)9-6-10/h3,6-7,11-12H,2,4-5H2,1H3. The zero-order valence-electron chi connectivity index (χ0n) is 7.14. The topological polar surface area (TPSA) is 58.3 Å². The molecule has 1 unspecified atom stereocenters. The van der Waals surface area contributed by atoms with Gasteiger partial charge in [-0.2, -0.15) is 0 Å². The number of hydrogen-bond acceptors (Lipinski definition) is 3. The van der Waals surface area contributed by atoms with Crippen LogP contribution in [-0.4, -0.2) is 26.4 Å². The van der Waals surface area contributed by atoms with Crippen molar-refractivity contribution in [3.63, 3.8) is 0 Å².